The van der Waals surface area contributed by atoms with E-state index in [2.05, 4.69) is 17.1 Å². The van der Waals surface area contributed by atoms with Gasteiger partial charge in [0.2, 0.25) is 15.9 Å². The summed E-state index contributed by atoms with van der Waals surface area (Å²) in [5.41, 5.74) is 0.769. The Morgan fingerprint density at radius 1 is 1.19 bits per heavy atom. The molecule has 1 aromatic carbocycles. The van der Waals surface area contributed by atoms with E-state index >= 15 is 0 Å². The molecule has 1 atom stereocenters. The van der Waals surface area contributed by atoms with Crippen molar-refractivity contribution in [3.05, 3.63) is 28.7 Å². The minimum Gasteiger partial charge on any atom is -0.408 e. The van der Waals surface area contributed by atoms with E-state index in [1.165, 1.54) is 33.8 Å². The van der Waals surface area contributed by atoms with Gasteiger partial charge >= 0.3 is 5.76 Å². The Hall–Kier alpha value is -2.17. The molecule has 1 N–H and O–H groups in total. The van der Waals surface area contributed by atoms with Crippen LogP contribution < -0.4 is 11.1 Å². The van der Waals surface area contributed by atoms with E-state index in [0.29, 0.717) is 31.4 Å². The van der Waals surface area contributed by atoms with E-state index in [0.717, 1.165) is 25.6 Å². The molecular weight excluding hydrogens is 432 g/mol. The number of amides is 1. The van der Waals surface area contributed by atoms with Gasteiger partial charge in [-0.1, -0.05) is 6.92 Å². The van der Waals surface area contributed by atoms with Gasteiger partial charge in [0.25, 0.3) is 0 Å². The Morgan fingerprint density at radius 2 is 1.94 bits per heavy atom. The number of nitrogens with one attached hydrogen (secondary N) is 1. The van der Waals surface area contributed by atoms with Crippen LogP contribution in [0.2, 0.25) is 0 Å². The summed E-state index contributed by atoms with van der Waals surface area (Å²) in [6, 6.07) is 4.44. The van der Waals surface area contributed by atoms with E-state index in [1.54, 1.807) is 13.1 Å². The summed E-state index contributed by atoms with van der Waals surface area (Å²) in [5.74, 6) is -0.212. The number of fused-ring (bicyclic) bond motifs is 1. The number of rotatable bonds is 6. The molecule has 2 aromatic rings. The third kappa shape index (κ3) is 4.77. The van der Waals surface area contributed by atoms with E-state index < -0.39 is 15.8 Å². The molecule has 1 aromatic heterocycles. The van der Waals surface area contributed by atoms with Gasteiger partial charge in [-0.3, -0.25) is 9.36 Å². The highest BCUT2D eigenvalue weighted by Gasteiger charge is 2.33. The average Bonchev–Trinajstić information content (AvgIpc) is 3.08. The molecule has 2 aliphatic heterocycles. The molecule has 2 fully saturated rings. The summed E-state index contributed by atoms with van der Waals surface area (Å²) in [7, 11) is -2.22. The zero-order valence-electron chi connectivity index (χ0n) is 18.7. The second-order valence-electron chi connectivity index (χ2n) is 9.07. The van der Waals surface area contributed by atoms with Crippen LogP contribution in [0.15, 0.2) is 32.3 Å². The number of oxazole rings is 1. The maximum absolute atomic E-state index is 13.2. The van der Waals surface area contributed by atoms with Crippen molar-refractivity contribution in [2.24, 2.45) is 18.9 Å². The first-order valence-electron chi connectivity index (χ1n) is 11.4. The van der Waals surface area contributed by atoms with E-state index in [9.17, 15) is 18.0 Å². The summed E-state index contributed by atoms with van der Waals surface area (Å²) >= 11 is 0. The van der Waals surface area contributed by atoms with Crippen LogP contribution in [0.3, 0.4) is 0 Å². The van der Waals surface area contributed by atoms with Crippen molar-refractivity contribution in [3.8, 4) is 0 Å². The lowest BCUT2D eigenvalue weighted by molar-refractivity contribution is -0.126. The zero-order valence-corrected chi connectivity index (χ0v) is 19.6. The summed E-state index contributed by atoms with van der Waals surface area (Å²) in [4.78, 5) is 26.9. The molecule has 3 heterocycles. The first-order valence-corrected chi connectivity index (χ1v) is 12.8. The van der Waals surface area contributed by atoms with Crippen molar-refractivity contribution in [3.63, 3.8) is 0 Å². The number of sulfonamides is 1. The van der Waals surface area contributed by atoms with Crippen LogP contribution in [0.1, 0.15) is 32.6 Å². The standard InChI is InChI=1S/C22H32N4O5S/c1-16-7-11-25(12-8-16)13-9-23-21(27)17-4-3-10-26(15-17)32(29,30)18-5-6-19-20(14-18)31-22(28)24(19)2/h5-6,14,16-17H,3-4,7-13,15H2,1-2H3,(H,23,27)/t17-/m1/s1. The van der Waals surface area contributed by atoms with Gasteiger partial charge in [0.1, 0.15) is 0 Å². The monoisotopic (exact) mass is 464 g/mol. The molecule has 2 aliphatic rings. The van der Waals surface area contributed by atoms with E-state index in [1.807, 2.05) is 0 Å². The van der Waals surface area contributed by atoms with Crippen molar-refractivity contribution in [2.45, 2.75) is 37.5 Å². The van der Waals surface area contributed by atoms with Crippen LogP contribution in [0.4, 0.5) is 0 Å². The number of nitrogens with zero attached hydrogens (tertiary/aromatic N) is 3. The summed E-state index contributed by atoms with van der Waals surface area (Å²) < 4.78 is 34.2. The second kappa shape index (κ2) is 9.36. The van der Waals surface area contributed by atoms with E-state index in [4.69, 9.17) is 4.42 Å². The van der Waals surface area contributed by atoms with Crippen LogP contribution in [-0.2, 0) is 21.9 Å². The highest BCUT2D eigenvalue weighted by Crippen LogP contribution is 2.26. The summed E-state index contributed by atoms with van der Waals surface area (Å²) in [5, 5.41) is 3.00. The van der Waals surface area contributed by atoms with Crippen LogP contribution >= 0.6 is 0 Å². The van der Waals surface area contributed by atoms with E-state index in [-0.39, 0.29) is 28.8 Å². The molecule has 9 nitrogen and oxygen atoms in total. The molecule has 0 radical (unpaired) electrons. The summed E-state index contributed by atoms with van der Waals surface area (Å²) in [6.07, 6.45) is 3.69. The number of benzene rings is 1. The van der Waals surface area contributed by atoms with Crippen molar-refractivity contribution in [1.29, 1.82) is 0 Å². The van der Waals surface area contributed by atoms with Gasteiger partial charge in [-0.2, -0.15) is 4.31 Å². The van der Waals surface area contributed by atoms with Gasteiger partial charge < -0.3 is 14.6 Å². The minimum absolute atomic E-state index is 0.0692. The molecule has 0 aliphatic carbocycles. The largest absolute Gasteiger partial charge is 0.419 e. The third-order valence-corrected chi connectivity index (χ3v) is 8.62. The number of aryl methyl sites for hydroxylation is 1. The molecule has 32 heavy (non-hydrogen) atoms. The predicted octanol–water partition coefficient (Wildman–Crippen LogP) is 1.38. The SMILES string of the molecule is CC1CCN(CCNC(=O)[C@@H]2CCCN(S(=O)(=O)c3ccc4c(c3)oc(=O)n4C)C2)CC1. The second-order valence-corrected chi connectivity index (χ2v) is 11.0. The minimum atomic E-state index is -3.79. The lowest BCUT2D eigenvalue weighted by Crippen LogP contribution is -2.46. The number of hydrogen-bond donors (Lipinski definition) is 1. The van der Waals surface area contributed by atoms with Crippen LogP contribution in [0.25, 0.3) is 11.1 Å². The lowest BCUT2D eigenvalue weighted by atomic mass is 9.98. The fraction of sp³-hybridized carbons (Fsp3) is 0.636. The van der Waals surface area contributed by atoms with Gasteiger partial charge in [0.05, 0.1) is 16.3 Å². The van der Waals surface area contributed by atoms with Crippen molar-refractivity contribution in [1.82, 2.24) is 19.1 Å². The number of piperidine rings is 2. The van der Waals surface area contributed by atoms with Crippen LogP contribution in [-0.4, -0.2) is 67.4 Å². The molecule has 0 bridgehead atoms. The number of carbonyl (C=O) groups is 1. The van der Waals surface area contributed by atoms with Gasteiger partial charge in [-0.25, -0.2) is 13.2 Å². The average molecular weight is 465 g/mol. The lowest BCUT2D eigenvalue weighted by Gasteiger charge is -2.32. The number of aromatic nitrogens is 1. The Bertz CT molecular complexity index is 1130. The Labute approximate surface area is 188 Å². The number of carbonyl (C=O) groups excluding carboxylic acids is 1. The molecule has 0 saturated carbocycles. The van der Waals surface area contributed by atoms with Crippen molar-refractivity contribution >= 4 is 27.0 Å². The molecule has 10 heteroatoms. The molecule has 176 valence electrons. The van der Waals surface area contributed by atoms with Gasteiger partial charge in [0, 0.05) is 39.3 Å². The number of hydrogen-bond acceptors (Lipinski definition) is 6. The van der Waals surface area contributed by atoms with Crippen LogP contribution in [0, 0.1) is 11.8 Å². The van der Waals surface area contributed by atoms with Gasteiger partial charge in [0.15, 0.2) is 5.58 Å². The Balaban J connectivity index is 1.37. The van der Waals surface area contributed by atoms with Crippen molar-refractivity contribution < 1.29 is 17.6 Å². The number of likely N-dealkylation sites (tertiary alicyclic amines) is 1. The van der Waals surface area contributed by atoms with Gasteiger partial charge in [-0.05, 0) is 56.8 Å². The normalized spacial score (nSPS) is 21.8. The fourth-order valence-corrected chi connectivity index (χ4v) is 6.11. The highest BCUT2D eigenvalue weighted by atomic mass is 32.2. The Morgan fingerprint density at radius 3 is 2.69 bits per heavy atom. The molecule has 0 spiro atoms. The third-order valence-electron chi connectivity index (χ3n) is 6.76. The highest BCUT2D eigenvalue weighted by molar-refractivity contribution is 7.89. The summed E-state index contributed by atoms with van der Waals surface area (Å²) in [6.45, 7) is 6.35. The fourth-order valence-electron chi connectivity index (χ4n) is 4.57. The molecule has 2 saturated heterocycles. The molecular formula is C22H32N4O5S. The van der Waals surface area contributed by atoms with Crippen LogP contribution in [0.5, 0.6) is 0 Å². The first kappa shape index (κ1) is 23.0. The van der Waals surface area contributed by atoms with Crippen molar-refractivity contribution in [2.75, 3.05) is 39.3 Å². The smallest absolute Gasteiger partial charge is 0.408 e. The molecule has 0 unspecified atom stereocenters. The maximum atomic E-state index is 13.2. The topological polar surface area (TPSA) is 105 Å². The first-order chi connectivity index (χ1) is 15.3. The maximum Gasteiger partial charge on any atom is 0.419 e. The predicted molar refractivity (Wildman–Crippen MR) is 121 cm³/mol. The van der Waals surface area contributed by atoms with Gasteiger partial charge in [-0.15, -0.1) is 0 Å². The quantitative estimate of drug-likeness (QED) is 0.693. The molecule has 1 amide bonds. The Kier molecular flexibility index (Phi) is 6.73. The zero-order chi connectivity index (χ0) is 22.9. The molecule has 4 rings (SSSR count).